The van der Waals surface area contributed by atoms with Gasteiger partial charge in [-0.15, -0.1) is 5.10 Å². The maximum absolute atomic E-state index is 12.9. The topological polar surface area (TPSA) is 133 Å². The number of phenolic OH excluding ortho intramolecular Hbond substituents is 1. The van der Waals surface area contributed by atoms with Gasteiger partial charge in [-0.1, -0.05) is 12.1 Å². The quantitative estimate of drug-likeness (QED) is 0.513. The van der Waals surface area contributed by atoms with Crippen molar-refractivity contribution in [2.24, 2.45) is 7.05 Å². The van der Waals surface area contributed by atoms with E-state index in [0.29, 0.717) is 33.8 Å². The van der Waals surface area contributed by atoms with Crippen molar-refractivity contribution in [3.05, 3.63) is 53.7 Å². The number of carbonyl (C=O) groups is 1. The highest BCUT2D eigenvalue weighted by atomic mass is 16.3. The van der Waals surface area contributed by atoms with E-state index in [1.54, 1.807) is 48.0 Å². The van der Waals surface area contributed by atoms with Crippen molar-refractivity contribution < 1.29 is 9.90 Å². The van der Waals surface area contributed by atoms with Crippen LogP contribution in [0.3, 0.4) is 0 Å². The highest BCUT2D eigenvalue weighted by Crippen LogP contribution is 2.29. The van der Waals surface area contributed by atoms with Gasteiger partial charge in [0.25, 0.3) is 5.91 Å². The van der Waals surface area contributed by atoms with E-state index in [4.69, 9.17) is 5.26 Å². The molecule has 0 atom stereocenters. The Bertz CT molecular complexity index is 1200. The number of carbonyl (C=O) groups excluding carboxylic acids is 1. The van der Waals surface area contributed by atoms with Crippen LogP contribution < -0.4 is 5.32 Å². The third kappa shape index (κ3) is 2.75. The Morgan fingerprint density at radius 1 is 1.30 bits per heavy atom. The summed E-state index contributed by atoms with van der Waals surface area (Å²) in [4.78, 5) is 12.9. The summed E-state index contributed by atoms with van der Waals surface area (Å²) in [5, 5.41) is 36.3. The number of tetrazole rings is 1. The predicted octanol–water partition coefficient (Wildman–Crippen LogP) is 2.19. The summed E-state index contributed by atoms with van der Waals surface area (Å²) in [6, 6.07) is 13.7. The summed E-state index contributed by atoms with van der Waals surface area (Å²) in [5.74, 6) is 0.0597. The number of benzene rings is 2. The van der Waals surface area contributed by atoms with Gasteiger partial charge in [-0.2, -0.15) is 5.26 Å². The molecule has 2 aromatic carbocycles. The van der Waals surface area contributed by atoms with E-state index < -0.39 is 0 Å². The van der Waals surface area contributed by atoms with Crippen LogP contribution in [0.25, 0.3) is 22.3 Å². The Hall–Kier alpha value is -4.19. The third-order valence-corrected chi connectivity index (χ3v) is 4.26. The number of amides is 1. The van der Waals surface area contributed by atoms with Crippen molar-refractivity contribution in [1.82, 2.24) is 25.2 Å². The zero-order valence-electron chi connectivity index (χ0n) is 14.1. The lowest BCUT2D eigenvalue weighted by molar-refractivity contribution is 0.102. The van der Waals surface area contributed by atoms with Crippen LogP contribution in [0.2, 0.25) is 0 Å². The van der Waals surface area contributed by atoms with Crippen LogP contribution in [-0.2, 0) is 7.05 Å². The van der Waals surface area contributed by atoms with E-state index in [2.05, 4.69) is 25.9 Å². The van der Waals surface area contributed by atoms with Gasteiger partial charge in [0.15, 0.2) is 5.82 Å². The van der Waals surface area contributed by atoms with Crippen LogP contribution in [0, 0.1) is 11.3 Å². The molecule has 0 aliphatic rings. The second-order valence-electron chi connectivity index (χ2n) is 5.88. The molecule has 0 spiro atoms. The molecule has 0 unspecified atom stereocenters. The second-order valence-corrected chi connectivity index (χ2v) is 5.88. The van der Waals surface area contributed by atoms with Gasteiger partial charge in [-0.3, -0.25) is 4.79 Å². The molecule has 0 radical (unpaired) electrons. The number of aromatic hydroxyl groups is 1. The number of para-hydroxylation sites is 1. The van der Waals surface area contributed by atoms with E-state index in [9.17, 15) is 9.90 Å². The van der Waals surface area contributed by atoms with E-state index in [-0.39, 0.29) is 11.7 Å². The molecule has 0 saturated carbocycles. The van der Waals surface area contributed by atoms with Gasteiger partial charge in [0.2, 0.25) is 0 Å². The molecular weight excluding hydrogens is 346 g/mol. The largest absolute Gasteiger partial charge is 0.506 e. The van der Waals surface area contributed by atoms with Crippen molar-refractivity contribution in [3.63, 3.8) is 0 Å². The van der Waals surface area contributed by atoms with Crippen molar-refractivity contribution in [1.29, 1.82) is 5.26 Å². The molecule has 2 heterocycles. The highest BCUT2D eigenvalue weighted by Gasteiger charge is 2.18. The van der Waals surface area contributed by atoms with Gasteiger partial charge in [0.05, 0.1) is 22.8 Å². The molecule has 132 valence electrons. The first-order valence-corrected chi connectivity index (χ1v) is 7.95. The number of aryl methyl sites for hydroxylation is 1. The van der Waals surface area contributed by atoms with Gasteiger partial charge >= 0.3 is 0 Å². The Morgan fingerprint density at radius 2 is 2.15 bits per heavy atom. The average Bonchev–Trinajstić information content (AvgIpc) is 3.31. The van der Waals surface area contributed by atoms with Crippen molar-refractivity contribution >= 4 is 22.5 Å². The zero-order chi connectivity index (χ0) is 19.0. The molecule has 0 aliphatic heterocycles. The minimum Gasteiger partial charge on any atom is -0.506 e. The first kappa shape index (κ1) is 16.3. The predicted molar refractivity (Wildman–Crippen MR) is 96.9 cm³/mol. The van der Waals surface area contributed by atoms with Crippen molar-refractivity contribution in [2.75, 3.05) is 5.32 Å². The first-order valence-electron chi connectivity index (χ1n) is 7.95. The summed E-state index contributed by atoms with van der Waals surface area (Å²) in [7, 11) is 1.71. The van der Waals surface area contributed by atoms with Gasteiger partial charge in [-0.05, 0) is 40.8 Å². The highest BCUT2D eigenvalue weighted by molar-refractivity contribution is 6.08. The maximum Gasteiger partial charge on any atom is 0.272 e. The van der Waals surface area contributed by atoms with Crippen LogP contribution in [0.15, 0.2) is 42.5 Å². The Balaban J connectivity index is 1.75. The number of anilines is 1. The van der Waals surface area contributed by atoms with Gasteiger partial charge in [0, 0.05) is 18.0 Å². The average molecular weight is 359 g/mol. The molecule has 4 rings (SSSR count). The lowest BCUT2D eigenvalue weighted by Gasteiger charge is -2.10. The number of H-pyrrole nitrogens is 1. The molecule has 0 bridgehead atoms. The zero-order valence-corrected chi connectivity index (χ0v) is 14.1. The van der Waals surface area contributed by atoms with Gasteiger partial charge < -0.3 is 15.0 Å². The number of fused-ring (bicyclic) bond motifs is 1. The summed E-state index contributed by atoms with van der Waals surface area (Å²) < 4.78 is 1.62. The lowest BCUT2D eigenvalue weighted by Crippen LogP contribution is -2.16. The fourth-order valence-corrected chi connectivity index (χ4v) is 2.99. The Morgan fingerprint density at radius 3 is 2.85 bits per heavy atom. The maximum atomic E-state index is 12.9. The van der Waals surface area contributed by atoms with Crippen LogP contribution in [0.1, 0.15) is 16.1 Å². The SMILES string of the molecule is Cn1c(C(=O)Nc2ccc(C#N)cc2-c2nnn[nH]2)cc2cccc(O)c21. The number of aromatic nitrogens is 5. The van der Waals surface area contributed by atoms with E-state index in [1.807, 2.05) is 12.1 Å². The number of rotatable bonds is 3. The minimum atomic E-state index is -0.369. The Labute approximate surface area is 152 Å². The number of hydrogen-bond acceptors (Lipinski definition) is 6. The molecule has 0 aliphatic carbocycles. The van der Waals surface area contributed by atoms with Crippen molar-refractivity contribution in [3.8, 4) is 23.2 Å². The second kappa shape index (κ2) is 6.27. The molecule has 2 aromatic heterocycles. The fraction of sp³-hybridized carbons (Fsp3) is 0.0556. The molecule has 0 fully saturated rings. The number of hydrogen-bond donors (Lipinski definition) is 3. The molecule has 9 nitrogen and oxygen atoms in total. The normalized spacial score (nSPS) is 10.7. The third-order valence-electron chi connectivity index (χ3n) is 4.26. The number of nitrogens with one attached hydrogen (secondary N) is 2. The number of nitriles is 1. The first-order chi connectivity index (χ1) is 13.1. The molecule has 3 N–H and O–H groups in total. The number of nitrogens with zero attached hydrogens (tertiary/aromatic N) is 5. The van der Waals surface area contributed by atoms with E-state index in [1.165, 1.54) is 0 Å². The van der Waals surface area contributed by atoms with Crippen LogP contribution in [0.4, 0.5) is 5.69 Å². The van der Waals surface area contributed by atoms with Crippen LogP contribution >= 0.6 is 0 Å². The summed E-state index contributed by atoms with van der Waals surface area (Å²) in [6.45, 7) is 0. The fourth-order valence-electron chi connectivity index (χ4n) is 2.99. The van der Waals surface area contributed by atoms with Gasteiger partial charge in [-0.25, -0.2) is 5.10 Å². The Kier molecular flexibility index (Phi) is 3.78. The molecule has 1 amide bonds. The smallest absolute Gasteiger partial charge is 0.272 e. The van der Waals surface area contributed by atoms with Gasteiger partial charge in [0.1, 0.15) is 11.4 Å². The number of phenols is 1. The molecule has 9 heteroatoms. The van der Waals surface area contributed by atoms with Crippen LogP contribution in [0.5, 0.6) is 5.75 Å². The molecule has 0 saturated heterocycles. The summed E-state index contributed by atoms with van der Waals surface area (Å²) in [6.07, 6.45) is 0. The van der Waals surface area contributed by atoms with Crippen molar-refractivity contribution in [2.45, 2.75) is 0 Å². The summed E-state index contributed by atoms with van der Waals surface area (Å²) in [5.41, 5.74) is 2.30. The summed E-state index contributed by atoms with van der Waals surface area (Å²) >= 11 is 0. The van der Waals surface area contributed by atoms with E-state index >= 15 is 0 Å². The lowest BCUT2D eigenvalue weighted by atomic mass is 10.1. The van der Waals surface area contributed by atoms with Crippen LogP contribution in [-0.4, -0.2) is 36.2 Å². The standard InChI is InChI=1S/C18H13N7O2/c1-25-14(8-11-3-2-4-15(26)16(11)25)18(27)20-13-6-5-10(9-19)7-12(13)17-21-23-24-22-17/h2-8,26H,1H3,(H,20,27)(H,21,22,23,24). The number of aromatic amines is 1. The minimum absolute atomic E-state index is 0.0980. The molecular formula is C18H13N7O2. The monoisotopic (exact) mass is 359 g/mol. The molecule has 4 aromatic rings. The van der Waals surface area contributed by atoms with E-state index in [0.717, 1.165) is 5.39 Å². The molecule has 27 heavy (non-hydrogen) atoms.